The van der Waals surface area contributed by atoms with Gasteiger partial charge in [0.25, 0.3) is 0 Å². The quantitative estimate of drug-likeness (QED) is 0.620. The van der Waals surface area contributed by atoms with Gasteiger partial charge in [0.05, 0.1) is 35.2 Å². The first-order valence-corrected chi connectivity index (χ1v) is 5.97. The lowest BCUT2D eigenvalue weighted by Gasteiger charge is -2.01. The minimum Gasteiger partial charge on any atom is -0.399 e. The maximum atomic E-state index is 5.73. The van der Waals surface area contributed by atoms with E-state index < -0.39 is 0 Å². The Morgan fingerprint density at radius 3 is 2.95 bits per heavy atom. The molecule has 0 saturated carbocycles. The van der Waals surface area contributed by atoms with Crippen LogP contribution < -0.4 is 11.1 Å². The predicted octanol–water partition coefficient (Wildman–Crippen LogP) is 1.86. The maximum Gasteiger partial charge on any atom is 0.201 e. The lowest BCUT2D eigenvalue weighted by Crippen LogP contribution is -2.03. The standard InChI is InChI=1S/C13H14N6/c1-8-5-16-10(6-15-8)7-17-13-18-11-3-2-9(14)4-12(11)19-13/h2-6H,7,14H2,1H3,(H2,17,18,19). The number of H-pyrrole nitrogens is 1. The van der Waals surface area contributed by atoms with Gasteiger partial charge < -0.3 is 16.0 Å². The SMILES string of the molecule is Cc1cnc(CNc2nc3ccc(N)cc3[nH]2)cn1. The number of nitrogens with two attached hydrogens (primary N) is 1. The summed E-state index contributed by atoms with van der Waals surface area (Å²) in [5.41, 5.74) is 10.0. The van der Waals surface area contributed by atoms with Crippen LogP contribution in [0.2, 0.25) is 0 Å². The van der Waals surface area contributed by atoms with E-state index in [-0.39, 0.29) is 0 Å². The van der Waals surface area contributed by atoms with Gasteiger partial charge in [-0.3, -0.25) is 9.97 Å². The summed E-state index contributed by atoms with van der Waals surface area (Å²) in [5.74, 6) is 0.697. The number of aryl methyl sites for hydroxylation is 1. The van der Waals surface area contributed by atoms with Crippen molar-refractivity contribution in [1.29, 1.82) is 0 Å². The summed E-state index contributed by atoms with van der Waals surface area (Å²) >= 11 is 0. The van der Waals surface area contributed by atoms with Crippen molar-refractivity contribution in [1.82, 2.24) is 19.9 Å². The van der Waals surface area contributed by atoms with Crippen molar-refractivity contribution in [3.63, 3.8) is 0 Å². The minimum absolute atomic E-state index is 0.572. The van der Waals surface area contributed by atoms with Crippen molar-refractivity contribution < 1.29 is 0 Å². The number of nitrogens with one attached hydrogen (secondary N) is 2. The molecule has 0 aliphatic rings. The molecule has 0 saturated heterocycles. The van der Waals surface area contributed by atoms with Crippen LogP contribution in [-0.4, -0.2) is 19.9 Å². The lowest BCUT2D eigenvalue weighted by molar-refractivity contribution is 0.972. The van der Waals surface area contributed by atoms with Crippen molar-refractivity contribution in [2.45, 2.75) is 13.5 Å². The van der Waals surface area contributed by atoms with Crippen molar-refractivity contribution in [3.8, 4) is 0 Å². The molecule has 19 heavy (non-hydrogen) atoms. The van der Waals surface area contributed by atoms with Crippen molar-refractivity contribution in [2.24, 2.45) is 0 Å². The monoisotopic (exact) mass is 254 g/mol. The van der Waals surface area contributed by atoms with Gasteiger partial charge in [-0.1, -0.05) is 0 Å². The zero-order valence-electron chi connectivity index (χ0n) is 10.5. The number of rotatable bonds is 3. The Hall–Kier alpha value is -2.63. The number of imidazole rings is 1. The molecule has 0 atom stereocenters. The third-order valence-corrected chi connectivity index (χ3v) is 2.78. The molecular formula is C13H14N6. The second-order valence-electron chi connectivity index (χ2n) is 4.36. The Balaban J connectivity index is 1.76. The van der Waals surface area contributed by atoms with Crippen LogP contribution in [0.4, 0.5) is 11.6 Å². The average Bonchev–Trinajstić information content (AvgIpc) is 2.80. The summed E-state index contributed by atoms with van der Waals surface area (Å²) in [6, 6.07) is 5.58. The maximum absolute atomic E-state index is 5.73. The number of anilines is 2. The number of aromatic nitrogens is 4. The molecule has 0 bridgehead atoms. The number of fused-ring (bicyclic) bond motifs is 1. The normalized spacial score (nSPS) is 10.8. The Morgan fingerprint density at radius 1 is 1.26 bits per heavy atom. The van der Waals surface area contributed by atoms with Crippen LogP contribution in [-0.2, 0) is 6.54 Å². The van der Waals surface area contributed by atoms with Gasteiger partial charge in [0, 0.05) is 11.9 Å². The largest absolute Gasteiger partial charge is 0.399 e. The van der Waals surface area contributed by atoms with Crippen LogP contribution in [0, 0.1) is 6.92 Å². The molecule has 3 rings (SSSR count). The highest BCUT2D eigenvalue weighted by atomic mass is 15.1. The number of nitrogen functional groups attached to an aromatic ring is 1. The van der Waals surface area contributed by atoms with E-state index in [0.29, 0.717) is 18.2 Å². The first-order chi connectivity index (χ1) is 9.20. The smallest absolute Gasteiger partial charge is 0.201 e. The molecule has 3 aromatic rings. The highest BCUT2D eigenvalue weighted by molar-refractivity contribution is 5.80. The fourth-order valence-electron chi connectivity index (χ4n) is 1.80. The highest BCUT2D eigenvalue weighted by Crippen LogP contribution is 2.17. The second kappa shape index (κ2) is 4.56. The molecule has 0 aliphatic carbocycles. The van der Waals surface area contributed by atoms with Crippen molar-refractivity contribution in [3.05, 3.63) is 42.0 Å². The van der Waals surface area contributed by atoms with E-state index >= 15 is 0 Å². The van der Waals surface area contributed by atoms with E-state index in [9.17, 15) is 0 Å². The summed E-state index contributed by atoms with van der Waals surface area (Å²) < 4.78 is 0. The topological polar surface area (TPSA) is 92.5 Å². The molecule has 1 aromatic carbocycles. The van der Waals surface area contributed by atoms with Crippen molar-refractivity contribution in [2.75, 3.05) is 11.1 Å². The molecular weight excluding hydrogens is 240 g/mol. The minimum atomic E-state index is 0.572. The molecule has 0 amide bonds. The molecule has 0 spiro atoms. The molecule has 0 aliphatic heterocycles. The number of nitrogens with zero attached hydrogens (tertiary/aromatic N) is 3. The zero-order chi connectivity index (χ0) is 13.2. The predicted molar refractivity (Wildman–Crippen MR) is 74.6 cm³/mol. The van der Waals surface area contributed by atoms with Crippen molar-refractivity contribution >= 4 is 22.7 Å². The van der Waals surface area contributed by atoms with Gasteiger partial charge in [0.1, 0.15) is 0 Å². The molecule has 2 heterocycles. The van der Waals surface area contributed by atoms with Crippen LogP contribution in [0.3, 0.4) is 0 Å². The molecule has 2 aromatic heterocycles. The highest BCUT2D eigenvalue weighted by Gasteiger charge is 2.03. The van der Waals surface area contributed by atoms with E-state index in [1.54, 1.807) is 12.4 Å². The Labute approximate surface area is 110 Å². The van der Waals surface area contributed by atoms with Gasteiger partial charge in [-0.05, 0) is 25.1 Å². The van der Waals surface area contributed by atoms with E-state index in [4.69, 9.17) is 5.73 Å². The molecule has 6 nitrogen and oxygen atoms in total. The average molecular weight is 254 g/mol. The summed E-state index contributed by atoms with van der Waals surface area (Å²) in [4.78, 5) is 16.1. The molecule has 0 unspecified atom stereocenters. The fraction of sp³-hybridized carbons (Fsp3) is 0.154. The first-order valence-electron chi connectivity index (χ1n) is 5.97. The third kappa shape index (κ3) is 2.47. The van der Waals surface area contributed by atoms with E-state index in [1.807, 2.05) is 25.1 Å². The summed E-state index contributed by atoms with van der Waals surface area (Å²) in [7, 11) is 0. The lowest BCUT2D eigenvalue weighted by atomic mass is 10.3. The number of benzene rings is 1. The number of hydrogen-bond acceptors (Lipinski definition) is 5. The summed E-state index contributed by atoms with van der Waals surface area (Å²) in [6.45, 7) is 2.48. The van der Waals surface area contributed by atoms with Gasteiger partial charge in [-0.2, -0.15) is 0 Å². The second-order valence-corrected chi connectivity index (χ2v) is 4.36. The van der Waals surface area contributed by atoms with Crippen LogP contribution in [0.25, 0.3) is 11.0 Å². The Kier molecular flexibility index (Phi) is 2.75. The van der Waals surface area contributed by atoms with Gasteiger partial charge in [0.2, 0.25) is 5.95 Å². The Morgan fingerprint density at radius 2 is 2.16 bits per heavy atom. The van der Waals surface area contributed by atoms with Gasteiger partial charge in [0.15, 0.2) is 0 Å². The summed E-state index contributed by atoms with van der Waals surface area (Å²) in [5, 5.41) is 3.18. The molecule has 4 N–H and O–H groups in total. The number of aromatic amines is 1. The Bertz CT molecular complexity index is 701. The van der Waals surface area contributed by atoms with Gasteiger partial charge >= 0.3 is 0 Å². The van der Waals surface area contributed by atoms with Crippen LogP contribution in [0.15, 0.2) is 30.6 Å². The summed E-state index contributed by atoms with van der Waals surface area (Å²) in [6.07, 6.45) is 3.50. The third-order valence-electron chi connectivity index (χ3n) is 2.78. The molecule has 0 fully saturated rings. The van der Waals surface area contributed by atoms with Crippen LogP contribution in [0.1, 0.15) is 11.4 Å². The van der Waals surface area contributed by atoms with E-state index in [2.05, 4.69) is 25.3 Å². The van der Waals surface area contributed by atoms with Crippen LogP contribution in [0.5, 0.6) is 0 Å². The fourth-order valence-corrected chi connectivity index (χ4v) is 1.80. The number of hydrogen-bond donors (Lipinski definition) is 3. The first kappa shape index (κ1) is 11.5. The zero-order valence-corrected chi connectivity index (χ0v) is 10.5. The van der Waals surface area contributed by atoms with Gasteiger partial charge in [-0.15, -0.1) is 0 Å². The van der Waals surface area contributed by atoms with Crippen LogP contribution >= 0.6 is 0 Å². The molecule has 0 radical (unpaired) electrons. The van der Waals surface area contributed by atoms with E-state index in [1.165, 1.54) is 0 Å². The van der Waals surface area contributed by atoms with E-state index in [0.717, 1.165) is 22.4 Å². The molecule has 96 valence electrons. The molecule has 6 heteroatoms. The van der Waals surface area contributed by atoms with Gasteiger partial charge in [-0.25, -0.2) is 4.98 Å².